The van der Waals surface area contributed by atoms with Crippen LogP contribution in [-0.4, -0.2) is 36.2 Å². The zero-order valence-electron chi connectivity index (χ0n) is 8.71. The molecule has 8 nitrogen and oxygen atoms in total. The van der Waals surface area contributed by atoms with Gasteiger partial charge in [0.1, 0.15) is 6.54 Å². The fraction of sp³-hybridized carbons (Fsp3) is 0.375. The summed E-state index contributed by atoms with van der Waals surface area (Å²) in [7, 11) is 0. The normalized spacial score (nSPS) is 10.6. The molecule has 0 unspecified atom stereocenters. The molecule has 0 amide bonds. The number of hydrogen-bond acceptors (Lipinski definition) is 6. The number of hydrogen-bond donors (Lipinski definition) is 1. The van der Waals surface area contributed by atoms with E-state index in [9.17, 15) is 4.79 Å². The van der Waals surface area contributed by atoms with Gasteiger partial charge in [-0.15, -0.1) is 5.10 Å². The lowest BCUT2D eigenvalue weighted by Gasteiger charge is -1.97. The molecule has 1 N–H and O–H groups in total. The highest BCUT2D eigenvalue weighted by atomic mass is 16.5. The number of nitrogens with zero attached hydrogens (tertiary/aromatic N) is 5. The van der Waals surface area contributed by atoms with Crippen molar-refractivity contribution in [1.82, 2.24) is 25.1 Å². The highest BCUT2D eigenvalue weighted by molar-refractivity contribution is 5.86. The van der Waals surface area contributed by atoms with Crippen LogP contribution in [0.2, 0.25) is 0 Å². The van der Waals surface area contributed by atoms with Gasteiger partial charge < -0.3 is 9.63 Å². The molecule has 0 bridgehead atoms. The topological polar surface area (TPSA) is 107 Å². The molecular weight excluding hydrogens is 214 g/mol. The molecule has 0 aromatic carbocycles. The Hall–Kier alpha value is -2.25. The van der Waals surface area contributed by atoms with Crippen LogP contribution in [0.15, 0.2) is 4.52 Å². The lowest BCUT2D eigenvalue weighted by Crippen LogP contribution is -2.06. The van der Waals surface area contributed by atoms with Gasteiger partial charge in [-0.25, -0.2) is 9.48 Å². The Balaban J connectivity index is 2.25. The van der Waals surface area contributed by atoms with Crippen molar-refractivity contribution >= 4 is 5.97 Å². The summed E-state index contributed by atoms with van der Waals surface area (Å²) in [5, 5.41) is 19.6. The maximum absolute atomic E-state index is 10.7. The number of aromatic nitrogens is 5. The molecule has 16 heavy (non-hydrogen) atoms. The van der Waals surface area contributed by atoms with Crippen LogP contribution in [-0.2, 0) is 6.54 Å². The molecule has 2 aromatic heterocycles. The number of aryl methyl sites for hydroxylation is 1. The summed E-state index contributed by atoms with van der Waals surface area (Å²) in [5.41, 5.74) is 0.375. The van der Waals surface area contributed by atoms with Crippen molar-refractivity contribution in [2.75, 3.05) is 0 Å². The molecule has 0 radical (unpaired) electrons. The first-order valence-corrected chi connectivity index (χ1v) is 4.50. The molecule has 0 aliphatic rings. The summed E-state index contributed by atoms with van der Waals surface area (Å²) in [6, 6.07) is 0. The molecule has 2 aromatic rings. The van der Waals surface area contributed by atoms with Gasteiger partial charge in [0.25, 0.3) is 0 Å². The van der Waals surface area contributed by atoms with Crippen molar-refractivity contribution in [2.45, 2.75) is 20.4 Å². The van der Waals surface area contributed by atoms with Crippen molar-refractivity contribution in [3.8, 4) is 0 Å². The monoisotopic (exact) mass is 223 g/mol. The molecule has 0 spiro atoms. The Kier molecular flexibility index (Phi) is 2.39. The molecule has 0 saturated carbocycles. The Labute approximate surface area is 89.9 Å². The predicted molar refractivity (Wildman–Crippen MR) is 49.9 cm³/mol. The van der Waals surface area contributed by atoms with Crippen LogP contribution in [0.25, 0.3) is 0 Å². The summed E-state index contributed by atoms with van der Waals surface area (Å²) in [6.07, 6.45) is 0. The molecule has 2 heterocycles. The number of aromatic carboxylic acids is 1. The minimum Gasteiger partial charge on any atom is -0.476 e. The van der Waals surface area contributed by atoms with Crippen LogP contribution in [0.4, 0.5) is 0 Å². The third-order valence-electron chi connectivity index (χ3n) is 2.04. The molecule has 0 aliphatic carbocycles. The second kappa shape index (κ2) is 3.72. The van der Waals surface area contributed by atoms with Gasteiger partial charge in [-0.3, -0.25) is 0 Å². The van der Waals surface area contributed by atoms with E-state index >= 15 is 0 Å². The van der Waals surface area contributed by atoms with Crippen molar-refractivity contribution in [2.24, 2.45) is 0 Å². The maximum Gasteiger partial charge on any atom is 0.358 e. The number of carboxylic acid groups (broad SMARTS) is 1. The predicted octanol–water partition coefficient (Wildman–Crippen LogP) is 0.0244. The lowest BCUT2D eigenvalue weighted by atomic mass is 10.3. The van der Waals surface area contributed by atoms with E-state index in [1.165, 1.54) is 4.68 Å². The summed E-state index contributed by atoms with van der Waals surface area (Å²) < 4.78 is 6.30. The third-order valence-corrected chi connectivity index (χ3v) is 2.04. The second-order valence-electron chi connectivity index (χ2n) is 3.22. The smallest absolute Gasteiger partial charge is 0.358 e. The highest BCUT2D eigenvalue weighted by Crippen LogP contribution is 2.06. The molecule has 0 atom stereocenters. The summed E-state index contributed by atoms with van der Waals surface area (Å²) in [6.45, 7) is 3.53. The van der Waals surface area contributed by atoms with Gasteiger partial charge in [-0.2, -0.15) is 4.98 Å². The van der Waals surface area contributed by atoms with E-state index in [1.807, 2.05) is 0 Å². The maximum atomic E-state index is 10.7. The van der Waals surface area contributed by atoms with Gasteiger partial charge in [0, 0.05) is 0 Å². The van der Waals surface area contributed by atoms with Gasteiger partial charge in [-0.1, -0.05) is 10.4 Å². The molecule has 84 valence electrons. The van der Waals surface area contributed by atoms with E-state index in [0.29, 0.717) is 17.4 Å². The number of carbonyl (C=O) groups is 1. The van der Waals surface area contributed by atoms with Crippen LogP contribution < -0.4 is 0 Å². The van der Waals surface area contributed by atoms with Crippen LogP contribution >= 0.6 is 0 Å². The SMILES string of the molecule is Cc1noc(Cn2nnc(C(=O)O)c2C)n1. The lowest BCUT2D eigenvalue weighted by molar-refractivity contribution is 0.0689. The summed E-state index contributed by atoms with van der Waals surface area (Å²) in [5.74, 6) is -0.223. The summed E-state index contributed by atoms with van der Waals surface area (Å²) in [4.78, 5) is 14.7. The fourth-order valence-electron chi connectivity index (χ4n) is 1.24. The summed E-state index contributed by atoms with van der Waals surface area (Å²) >= 11 is 0. The van der Waals surface area contributed by atoms with Crippen LogP contribution in [0.5, 0.6) is 0 Å². The molecule has 2 rings (SSSR count). The van der Waals surface area contributed by atoms with Gasteiger partial charge in [0.15, 0.2) is 11.5 Å². The zero-order chi connectivity index (χ0) is 11.7. The first kappa shape index (κ1) is 10.3. The van der Waals surface area contributed by atoms with Crippen molar-refractivity contribution in [3.63, 3.8) is 0 Å². The largest absolute Gasteiger partial charge is 0.476 e. The van der Waals surface area contributed by atoms with Crippen LogP contribution in [0.1, 0.15) is 27.9 Å². The molecule has 0 saturated heterocycles. The molecular formula is C8H9N5O3. The van der Waals surface area contributed by atoms with Gasteiger partial charge >= 0.3 is 5.97 Å². The molecule has 0 fully saturated rings. The average molecular weight is 223 g/mol. The Morgan fingerprint density at radius 2 is 2.25 bits per heavy atom. The van der Waals surface area contributed by atoms with E-state index in [1.54, 1.807) is 13.8 Å². The zero-order valence-corrected chi connectivity index (χ0v) is 8.71. The van der Waals surface area contributed by atoms with Crippen LogP contribution in [0.3, 0.4) is 0 Å². The Morgan fingerprint density at radius 3 is 2.75 bits per heavy atom. The molecule has 8 heteroatoms. The van der Waals surface area contributed by atoms with Crippen LogP contribution in [0, 0.1) is 13.8 Å². The van der Waals surface area contributed by atoms with Gasteiger partial charge in [0.05, 0.1) is 5.69 Å². The fourth-order valence-corrected chi connectivity index (χ4v) is 1.24. The highest BCUT2D eigenvalue weighted by Gasteiger charge is 2.16. The Bertz CT molecular complexity index is 530. The van der Waals surface area contributed by atoms with Crippen molar-refractivity contribution < 1.29 is 14.4 Å². The van der Waals surface area contributed by atoms with E-state index in [4.69, 9.17) is 9.63 Å². The van der Waals surface area contributed by atoms with E-state index < -0.39 is 5.97 Å². The van der Waals surface area contributed by atoms with E-state index in [2.05, 4.69) is 20.5 Å². The molecule has 0 aliphatic heterocycles. The first-order chi connectivity index (χ1) is 7.58. The Morgan fingerprint density at radius 1 is 1.50 bits per heavy atom. The number of rotatable bonds is 3. The third kappa shape index (κ3) is 1.76. The quantitative estimate of drug-likeness (QED) is 0.781. The standard InChI is InChI=1S/C8H9N5O3/c1-4-7(8(14)15)10-12-13(4)3-6-9-5(2)11-16-6/h3H2,1-2H3,(H,14,15). The van der Waals surface area contributed by atoms with E-state index in [-0.39, 0.29) is 12.2 Å². The van der Waals surface area contributed by atoms with Crippen molar-refractivity contribution in [1.29, 1.82) is 0 Å². The number of carboxylic acids is 1. The minimum atomic E-state index is -1.11. The van der Waals surface area contributed by atoms with Gasteiger partial charge in [-0.05, 0) is 13.8 Å². The van der Waals surface area contributed by atoms with E-state index in [0.717, 1.165) is 0 Å². The first-order valence-electron chi connectivity index (χ1n) is 4.50. The second-order valence-corrected chi connectivity index (χ2v) is 3.22. The van der Waals surface area contributed by atoms with Crippen molar-refractivity contribution in [3.05, 3.63) is 23.1 Å². The minimum absolute atomic E-state index is 0.0729. The average Bonchev–Trinajstić information content (AvgIpc) is 2.76. The van der Waals surface area contributed by atoms with Gasteiger partial charge in [0.2, 0.25) is 5.89 Å².